The fourth-order valence-corrected chi connectivity index (χ4v) is 3.21. The molecule has 0 aliphatic carbocycles. The van der Waals surface area contributed by atoms with Crippen molar-refractivity contribution in [3.63, 3.8) is 0 Å². The molecule has 0 rings (SSSR count). The Balaban J connectivity index is 3.09. The molecule has 0 aromatic carbocycles. The third-order valence-electron chi connectivity index (χ3n) is 4.16. The molecule has 0 radical (unpaired) electrons. The maximum atomic E-state index is 10.5. The van der Waals surface area contributed by atoms with Crippen LogP contribution in [0.2, 0.25) is 0 Å². The summed E-state index contributed by atoms with van der Waals surface area (Å²) >= 11 is 0. The molecule has 134 valence electrons. The van der Waals surface area contributed by atoms with E-state index in [1.165, 1.54) is 51.4 Å². The van der Waals surface area contributed by atoms with E-state index in [1.54, 1.807) is 0 Å². The summed E-state index contributed by atoms with van der Waals surface area (Å²) in [6.45, 7) is 2.03. The van der Waals surface area contributed by atoms with Crippen LogP contribution in [0.4, 0.5) is 0 Å². The van der Waals surface area contributed by atoms with Crippen molar-refractivity contribution in [2.75, 3.05) is 5.75 Å². The lowest BCUT2D eigenvalue weighted by Crippen LogP contribution is -2.03. The minimum Gasteiger partial charge on any atom is -0.393 e. The minimum atomic E-state index is -3.76. The molecule has 4 nitrogen and oxygen atoms in total. The number of rotatable bonds is 16. The monoisotopic (exact) mass is 336 g/mol. The lowest BCUT2D eigenvalue weighted by molar-refractivity contribution is 0.156. The molecule has 0 saturated carbocycles. The van der Waals surface area contributed by atoms with Crippen LogP contribution < -0.4 is 0 Å². The molecule has 0 heterocycles. The van der Waals surface area contributed by atoms with Gasteiger partial charge in [0.1, 0.15) is 0 Å². The molecule has 0 bridgehead atoms. The van der Waals surface area contributed by atoms with E-state index in [9.17, 15) is 13.5 Å². The highest BCUT2D eigenvalue weighted by Gasteiger charge is 2.03. The molecular weight excluding hydrogens is 300 g/mol. The molecule has 0 aliphatic rings. The first-order valence-corrected chi connectivity index (χ1v) is 10.7. The third kappa shape index (κ3) is 17.9. The van der Waals surface area contributed by atoms with Gasteiger partial charge in [-0.3, -0.25) is 4.55 Å². The predicted molar refractivity (Wildman–Crippen MR) is 92.7 cm³/mol. The van der Waals surface area contributed by atoms with Gasteiger partial charge >= 0.3 is 0 Å². The van der Waals surface area contributed by atoms with E-state index < -0.39 is 10.1 Å². The molecule has 0 aromatic rings. The van der Waals surface area contributed by atoms with Gasteiger partial charge in [0.2, 0.25) is 0 Å². The highest BCUT2D eigenvalue weighted by atomic mass is 32.2. The highest BCUT2D eigenvalue weighted by Crippen LogP contribution is 2.13. The average Bonchev–Trinajstić information content (AvgIpc) is 2.46. The number of hydrogen-bond acceptors (Lipinski definition) is 3. The van der Waals surface area contributed by atoms with Gasteiger partial charge in [0.15, 0.2) is 0 Å². The van der Waals surface area contributed by atoms with Crippen LogP contribution in [0.3, 0.4) is 0 Å². The summed E-state index contributed by atoms with van der Waals surface area (Å²) in [4.78, 5) is 0. The fraction of sp³-hybridized carbons (Fsp3) is 1.00. The molecule has 1 unspecified atom stereocenters. The Kier molecular flexibility index (Phi) is 14.4. The molecule has 2 N–H and O–H groups in total. The van der Waals surface area contributed by atoms with Crippen molar-refractivity contribution >= 4 is 10.1 Å². The average molecular weight is 337 g/mol. The summed E-state index contributed by atoms with van der Waals surface area (Å²) < 4.78 is 29.6. The summed E-state index contributed by atoms with van der Waals surface area (Å²) in [5, 5.41) is 9.43. The second kappa shape index (κ2) is 14.5. The first-order chi connectivity index (χ1) is 10.5. The maximum absolute atomic E-state index is 10.5. The van der Waals surface area contributed by atoms with Gasteiger partial charge in [-0.25, -0.2) is 0 Å². The normalized spacial score (nSPS) is 13.4. The Morgan fingerprint density at radius 3 is 1.45 bits per heavy atom. The summed E-state index contributed by atoms with van der Waals surface area (Å²) in [5.41, 5.74) is 0. The minimum absolute atomic E-state index is 0.0950. The van der Waals surface area contributed by atoms with Gasteiger partial charge in [-0.05, 0) is 19.3 Å². The summed E-state index contributed by atoms with van der Waals surface area (Å²) in [6, 6.07) is 0. The largest absolute Gasteiger partial charge is 0.393 e. The van der Waals surface area contributed by atoms with Gasteiger partial charge in [-0.1, -0.05) is 77.6 Å². The Morgan fingerprint density at radius 2 is 1.09 bits per heavy atom. The van der Waals surface area contributed by atoms with Crippen molar-refractivity contribution in [1.82, 2.24) is 0 Å². The molecular formula is C17H36O4S. The highest BCUT2D eigenvalue weighted by molar-refractivity contribution is 7.85. The zero-order chi connectivity index (χ0) is 16.7. The van der Waals surface area contributed by atoms with Crippen molar-refractivity contribution in [2.24, 2.45) is 0 Å². The molecule has 22 heavy (non-hydrogen) atoms. The number of aliphatic hydroxyl groups is 1. The zero-order valence-corrected chi connectivity index (χ0v) is 15.1. The van der Waals surface area contributed by atoms with E-state index >= 15 is 0 Å². The smallest absolute Gasteiger partial charge is 0.264 e. The fourth-order valence-electron chi connectivity index (χ4n) is 2.64. The number of unbranched alkanes of at least 4 members (excludes halogenated alkanes) is 11. The summed E-state index contributed by atoms with van der Waals surface area (Å²) in [6.07, 6.45) is 15.5. The number of hydrogen-bond donors (Lipinski definition) is 2. The first-order valence-electron chi connectivity index (χ1n) is 9.09. The Bertz CT molecular complexity index is 328. The van der Waals surface area contributed by atoms with E-state index in [-0.39, 0.29) is 11.9 Å². The van der Waals surface area contributed by atoms with Gasteiger partial charge in [0.25, 0.3) is 10.1 Å². The van der Waals surface area contributed by atoms with E-state index in [4.69, 9.17) is 4.55 Å². The van der Waals surface area contributed by atoms with Crippen LogP contribution in [0.15, 0.2) is 0 Å². The summed E-state index contributed by atoms with van der Waals surface area (Å²) in [7, 11) is -3.76. The van der Waals surface area contributed by atoms with Crippen LogP contribution in [0.5, 0.6) is 0 Å². The third-order valence-corrected chi connectivity index (χ3v) is 4.97. The van der Waals surface area contributed by atoms with Crippen LogP contribution in [0, 0.1) is 0 Å². The van der Waals surface area contributed by atoms with E-state index in [1.807, 2.05) is 6.92 Å². The molecule has 0 aromatic heterocycles. The quantitative estimate of drug-likeness (QED) is 0.316. The predicted octanol–water partition coefficient (Wildman–Crippen LogP) is 4.72. The second-order valence-electron chi connectivity index (χ2n) is 6.38. The van der Waals surface area contributed by atoms with Crippen molar-refractivity contribution in [2.45, 2.75) is 103 Å². The topological polar surface area (TPSA) is 74.6 Å². The first kappa shape index (κ1) is 21.9. The SMILES string of the molecule is CCC(O)CCCCCCCCCCCCCCS(=O)(=O)O. The molecule has 0 fully saturated rings. The number of aliphatic hydroxyl groups excluding tert-OH is 1. The Labute approximate surface area is 137 Å². The lowest BCUT2D eigenvalue weighted by Gasteiger charge is -2.06. The van der Waals surface area contributed by atoms with Crippen molar-refractivity contribution in [3.05, 3.63) is 0 Å². The van der Waals surface area contributed by atoms with Gasteiger partial charge in [0, 0.05) is 0 Å². The second-order valence-corrected chi connectivity index (χ2v) is 7.95. The van der Waals surface area contributed by atoms with Crippen molar-refractivity contribution in [1.29, 1.82) is 0 Å². The summed E-state index contributed by atoms with van der Waals surface area (Å²) in [5.74, 6) is -0.0950. The van der Waals surface area contributed by atoms with E-state index in [0.717, 1.165) is 32.1 Å². The Morgan fingerprint density at radius 1 is 0.727 bits per heavy atom. The van der Waals surface area contributed by atoms with Crippen LogP contribution in [0.25, 0.3) is 0 Å². The molecule has 0 aliphatic heterocycles. The molecule has 1 atom stereocenters. The van der Waals surface area contributed by atoms with Crippen molar-refractivity contribution in [3.8, 4) is 0 Å². The van der Waals surface area contributed by atoms with E-state index in [2.05, 4.69) is 0 Å². The van der Waals surface area contributed by atoms with Crippen LogP contribution in [-0.2, 0) is 10.1 Å². The molecule has 5 heteroatoms. The molecule has 0 amide bonds. The Hall–Kier alpha value is -0.130. The molecule has 0 spiro atoms. The lowest BCUT2D eigenvalue weighted by atomic mass is 10.0. The van der Waals surface area contributed by atoms with E-state index in [0.29, 0.717) is 6.42 Å². The van der Waals surface area contributed by atoms with Gasteiger partial charge in [-0.15, -0.1) is 0 Å². The van der Waals surface area contributed by atoms with Gasteiger partial charge in [0.05, 0.1) is 11.9 Å². The van der Waals surface area contributed by atoms with Gasteiger partial charge in [-0.2, -0.15) is 8.42 Å². The van der Waals surface area contributed by atoms with Crippen molar-refractivity contribution < 1.29 is 18.1 Å². The maximum Gasteiger partial charge on any atom is 0.264 e. The zero-order valence-electron chi connectivity index (χ0n) is 14.3. The van der Waals surface area contributed by atoms with Crippen LogP contribution >= 0.6 is 0 Å². The molecule has 0 saturated heterocycles. The standard InChI is InChI=1S/C17H36O4S/c1-2-17(18)15-13-11-9-7-5-3-4-6-8-10-12-14-16-22(19,20)21/h17-18H,2-16H2,1H3,(H,19,20,21). The van der Waals surface area contributed by atoms with Crippen LogP contribution in [-0.4, -0.2) is 29.9 Å². The van der Waals surface area contributed by atoms with Crippen LogP contribution in [0.1, 0.15) is 96.8 Å². The van der Waals surface area contributed by atoms with Gasteiger partial charge < -0.3 is 5.11 Å².